The molecule has 134 valence electrons. The van der Waals surface area contributed by atoms with Crippen LogP contribution in [0.3, 0.4) is 0 Å². The predicted octanol–water partition coefficient (Wildman–Crippen LogP) is 3.46. The van der Waals surface area contributed by atoms with Crippen molar-refractivity contribution in [3.8, 4) is 0 Å². The van der Waals surface area contributed by atoms with Crippen molar-refractivity contribution in [2.24, 2.45) is 0 Å². The number of aryl methyl sites for hydroxylation is 1. The maximum Gasteiger partial charge on any atom is 0.220 e. The van der Waals surface area contributed by atoms with Gasteiger partial charge in [-0.1, -0.05) is 12.1 Å². The molecule has 0 saturated heterocycles. The molecule has 1 unspecified atom stereocenters. The van der Waals surface area contributed by atoms with Crippen LogP contribution in [0.25, 0.3) is 0 Å². The fourth-order valence-electron chi connectivity index (χ4n) is 2.59. The van der Waals surface area contributed by atoms with Crippen molar-refractivity contribution < 1.29 is 18.0 Å². The molecule has 0 aromatic heterocycles. The van der Waals surface area contributed by atoms with Crippen molar-refractivity contribution in [2.45, 2.75) is 18.9 Å². The number of rotatable bonds is 7. The summed E-state index contributed by atoms with van der Waals surface area (Å²) < 4.78 is 40.1. The van der Waals surface area contributed by atoms with Crippen LogP contribution in [0.4, 0.5) is 13.2 Å². The molecular weight excluding hydrogens is 329 g/mol. The molecule has 0 radical (unpaired) electrons. The van der Waals surface area contributed by atoms with Gasteiger partial charge in [0, 0.05) is 13.0 Å². The van der Waals surface area contributed by atoms with Gasteiger partial charge in [0.2, 0.25) is 5.91 Å². The molecule has 0 heterocycles. The molecule has 0 spiro atoms. The van der Waals surface area contributed by atoms with Crippen LogP contribution in [-0.2, 0) is 11.2 Å². The lowest BCUT2D eigenvalue weighted by Crippen LogP contribution is -2.34. The highest BCUT2D eigenvalue weighted by Crippen LogP contribution is 2.18. The first kappa shape index (κ1) is 19.0. The van der Waals surface area contributed by atoms with E-state index in [2.05, 4.69) is 5.32 Å². The molecule has 1 amide bonds. The van der Waals surface area contributed by atoms with Gasteiger partial charge >= 0.3 is 0 Å². The van der Waals surface area contributed by atoms with Gasteiger partial charge in [0.25, 0.3) is 0 Å². The van der Waals surface area contributed by atoms with Gasteiger partial charge in [-0.2, -0.15) is 0 Å². The summed E-state index contributed by atoms with van der Waals surface area (Å²) in [5, 5.41) is 2.77. The molecule has 1 atom stereocenters. The quantitative estimate of drug-likeness (QED) is 0.829. The van der Waals surface area contributed by atoms with Crippen molar-refractivity contribution >= 4 is 5.91 Å². The smallest absolute Gasteiger partial charge is 0.220 e. The summed E-state index contributed by atoms with van der Waals surface area (Å²) in [6.07, 6.45) is 0.158. The number of hydrogen-bond donors (Lipinski definition) is 1. The third-order valence-electron chi connectivity index (χ3n) is 3.98. The van der Waals surface area contributed by atoms with Gasteiger partial charge < -0.3 is 10.2 Å². The summed E-state index contributed by atoms with van der Waals surface area (Å²) in [6, 6.07) is 9.20. The average Bonchev–Trinajstić information content (AvgIpc) is 2.55. The number of carbonyl (C=O) groups excluding carboxylic acids is 1. The van der Waals surface area contributed by atoms with Crippen LogP contribution in [0.5, 0.6) is 0 Å². The first-order valence-corrected chi connectivity index (χ1v) is 7.99. The van der Waals surface area contributed by atoms with Crippen LogP contribution < -0.4 is 5.32 Å². The summed E-state index contributed by atoms with van der Waals surface area (Å²) in [5.41, 5.74) is 0.922. The van der Waals surface area contributed by atoms with Crippen molar-refractivity contribution in [1.82, 2.24) is 10.2 Å². The topological polar surface area (TPSA) is 32.3 Å². The van der Waals surface area contributed by atoms with E-state index in [-0.39, 0.29) is 36.2 Å². The van der Waals surface area contributed by atoms with Gasteiger partial charge in [-0.3, -0.25) is 4.79 Å². The van der Waals surface area contributed by atoms with Crippen molar-refractivity contribution in [2.75, 3.05) is 20.6 Å². The zero-order valence-corrected chi connectivity index (χ0v) is 14.2. The van der Waals surface area contributed by atoms with Gasteiger partial charge in [-0.15, -0.1) is 0 Å². The molecule has 2 aromatic rings. The van der Waals surface area contributed by atoms with Crippen LogP contribution in [0.1, 0.15) is 23.6 Å². The summed E-state index contributed by atoms with van der Waals surface area (Å²) >= 11 is 0. The molecule has 0 bridgehead atoms. The molecule has 0 aliphatic rings. The standard InChI is InChI=1S/C19H21F3N2O/c1-24(2)18(14-4-3-5-15(20)11-14)12-23-19(25)9-6-13-10-16(21)7-8-17(13)22/h3-5,7-8,10-11,18H,6,9,12H2,1-2H3,(H,23,25). The lowest BCUT2D eigenvalue weighted by molar-refractivity contribution is -0.121. The van der Waals surface area contributed by atoms with E-state index < -0.39 is 11.6 Å². The predicted molar refractivity (Wildman–Crippen MR) is 90.5 cm³/mol. The fraction of sp³-hybridized carbons (Fsp3) is 0.316. The Morgan fingerprint density at radius 1 is 1.08 bits per heavy atom. The molecule has 6 heteroatoms. The van der Waals surface area contributed by atoms with Crippen LogP contribution in [0.2, 0.25) is 0 Å². The van der Waals surface area contributed by atoms with Crippen molar-refractivity contribution in [3.05, 3.63) is 71.0 Å². The largest absolute Gasteiger partial charge is 0.354 e. The number of halogens is 3. The van der Waals surface area contributed by atoms with E-state index in [9.17, 15) is 18.0 Å². The minimum absolute atomic E-state index is 0.0453. The number of benzene rings is 2. The summed E-state index contributed by atoms with van der Waals surface area (Å²) in [5.74, 6) is -1.67. The number of hydrogen-bond acceptors (Lipinski definition) is 2. The Morgan fingerprint density at radius 3 is 2.48 bits per heavy atom. The Kier molecular flexibility index (Phi) is 6.58. The summed E-state index contributed by atoms with van der Waals surface area (Å²) in [6.45, 7) is 0.293. The minimum atomic E-state index is -0.532. The first-order valence-electron chi connectivity index (χ1n) is 7.99. The van der Waals surface area contributed by atoms with E-state index in [0.717, 1.165) is 23.8 Å². The van der Waals surface area contributed by atoms with Gasteiger partial charge in [0.15, 0.2) is 0 Å². The number of carbonyl (C=O) groups is 1. The Hall–Kier alpha value is -2.34. The second-order valence-electron chi connectivity index (χ2n) is 6.07. The SMILES string of the molecule is CN(C)C(CNC(=O)CCc1cc(F)ccc1F)c1cccc(F)c1. The molecule has 0 aliphatic carbocycles. The maximum atomic E-state index is 13.6. The third kappa shape index (κ3) is 5.60. The second kappa shape index (κ2) is 8.67. The highest BCUT2D eigenvalue weighted by molar-refractivity contribution is 5.76. The van der Waals surface area contributed by atoms with E-state index in [1.54, 1.807) is 12.1 Å². The van der Waals surface area contributed by atoms with Crippen LogP contribution in [-0.4, -0.2) is 31.4 Å². The molecule has 2 aromatic carbocycles. The highest BCUT2D eigenvalue weighted by atomic mass is 19.1. The first-order chi connectivity index (χ1) is 11.9. The number of nitrogens with one attached hydrogen (secondary N) is 1. The normalized spacial score (nSPS) is 12.2. The van der Waals surface area contributed by atoms with Crippen LogP contribution in [0.15, 0.2) is 42.5 Å². The van der Waals surface area contributed by atoms with E-state index in [1.807, 2.05) is 19.0 Å². The van der Waals surface area contributed by atoms with E-state index in [0.29, 0.717) is 6.54 Å². The van der Waals surface area contributed by atoms with Crippen LogP contribution in [0, 0.1) is 17.5 Å². The molecule has 0 aliphatic heterocycles. The zero-order valence-electron chi connectivity index (χ0n) is 14.2. The average molecular weight is 350 g/mol. The number of nitrogens with zero attached hydrogens (tertiary/aromatic N) is 1. The summed E-state index contributed by atoms with van der Waals surface area (Å²) in [7, 11) is 3.67. The second-order valence-corrected chi connectivity index (χ2v) is 6.07. The minimum Gasteiger partial charge on any atom is -0.354 e. The molecule has 1 N–H and O–H groups in total. The van der Waals surface area contributed by atoms with E-state index in [4.69, 9.17) is 0 Å². The summed E-state index contributed by atoms with van der Waals surface area (Å²) in [4.78, 5) is 13.9. The molecule has 2 rings (SSSR count). The molecule has 3 nitrogen and oxygen atoms in total. The monoisotopic (exact) mass is 350 g/mol. The third-order valence-corrected chi connectivity index (χ3v) is 3.98. The Labute approximate surface area is 145 Å². The van der Waals surface area contributed by atoms with E-state index in [1.165, 1.54) is 12.1 Å². The Morgan fingerprint density at radius 2 is 1.80 bits per heavy atom. The van der Waals surface area contributed by atoms with Gasteiger partial charge in [-0.05, 0) is 62.0 Å². The highest BCUT2D eigenvalue weighted by Gasteiger charge is 2.16. The van der Waals surface area contributed by atoms with Gasteiger partial charge in [-0.25, -0.2) is 13.2 Å². The Bertz CT molecular complexity index is 734. The number of likely N-dealkylation sites (N-methyl/N-ethyl adjacent to an activating group) is 1. The van der Waals surface area contributed by atoms with Gasteiger partial charge in [0.1, 0.15) is 17.5 Å². The lowest BCUT2D eigenvalue weighted by atomic mass is 10.1. The lowest BCUT2D eigenvalue weighted by Gasteiger charge is -2.25. The van der Waals surface area contributed by atoms with Crippen LogP contribution >= 0.6 is 0 Å². The molecule has 25 heavy (non-hydrogen) atoms. The van der Waals surface area contributed by atoms with E-state index >= 15 is 0 Å². The fourth-order valence-corrected chi connectivity index (χ4v) is 2.59. The Balaban J connectivity index is 1.92. The van der Waals surface area contributed by atoms with Crippen molar-refractivity contribution in [3.63, 3.8) is 0 Å². The van der Waals surface area contributed by atoms with Crippen molar-refractivity contribution in [1.29, 1.82) is 0 Å². The molecule has 0 saturated carbocycles. The van der Waals surface area contributed by atoms with Gasteiger partial charge in [0.05, 0.1) is 6.04 Å². The number of amides is 1. The molecular formula is C19H21F3N2O. The molecule has 0 fully saturated rings. The maximum absolute atomic E-state index is 13.6. The zero-order chi connectivity index (χ0) is 18.4.